The maximum atomic E-state index is 12.4. The lowest BCUT2D eigenvalue weighted by molar-refractivity contribution is 0.0688. The molecule has 1 aromatic heterocycles. The van der Waals surface area contributed by atoms with Gasteiger partial charge in [0.15, 0.2) is 0 Å². The molecule has 7 nitrogen and oxygen atoms in total. The lowest BCUT2D eigenvalue weighted by Crippen LogP contribution is -2.53. The normalized spacial score (nSPS) is 17.2. The summed E-state index contributed by atoms with van der Waals surface area (Å²) >= 11 is 3.30. The van der Waals surface area contributed by atoms with Gasteiger partial charge in [-0.3, -0.25) is 4.79 Å². The number of carbonyl (C=O) groups excluding carboxylic acids is 1. The maximum absolute atomic E-state index is 12.4. The third-order valence-corrected chi connectivity index (χ3v) is 5.86. The average molecular weight is 377 g/mol. The minimum atomic E-state index is -3.42. The fourth-order valence-electron chi connectivity index (χ4n) is 2.05. The average Bonchev–Trinajstić information content (AvgIpc) is 2.47. The zero-order valence-corrected chi connectivity index (χ0v) is 14.3. The second kappa shape index (κ2) is 6.39. The molecule has 116 valence electrons. The minimum Gasteiger partial charge on any atom is -0.335 e. The lowest BCUT2D eigenvalue weighted by Gasteiger charge is -2.35. The Morgan fingerprint density at radius 3 is 2.43 bits per heavy atom. The van der Waals surface area contributed by atoms with Crippen molar-refractivity contribution in [2.24, 2.45) is 0 Å². The molecule has 0 N–H and O–H groups in total. The Morgan fingerprint density at radius 1 is 1.29 bits per heavy atom. The summed E-state index contributed by atoms with van der Waals surface area (Å²) in [5, 5.41) is 0. The van der Waals surface area contributed by atoms with Crippen molar-refractivity contribution in [3.63, 3.8) is 0 Å². The largest absolute Gasteiger partial charge is 0.335 e. The van der Waals surface area contributed by atoms with E-state index in [1.165, 1.54) is 22.7 Å². The van der Waals surface area contributed by atoms with Gasteiger partial charge >= 0.3 is 0 Å². The quantitative estimate of drug-likeness (QED) is 0.765. The van der Waals surface area contributed by atoms with Crippen LogP contribution in [-0.2, 0) is 10.2 Å². The number of rotatable bonds is 3. The van der Waals surface area contributed by atoms with Crippen LogP contribution in [0, 0.1) is 0 Å². The predicted octanol–water partition coefficient (Wildman–Crippen LogP) is 0.408. The van der Waals surface area contributed by atoms with Crippen molar-refractivity contribution >= 4 is 32.0 Å². The van der Waals surface area contributed by atoms with Gasteiger partial charge in [-0.1, -0.05) is 0 Å². The van der Waals surface area contributed by atoms with Crippen LogP contribution in [0.3, 0.4) is 0 Å². The van der Waals surface area contributed by atoms with Gasteiger partial charge in [0.2, 0.25) is 0 Å². The summed E-state index contributed by atoms with van der Waals surface area (Å²) in [5.74, 6) is -0.190. The Kier molecular flexibility index (Phi) is 4.97. The standard InChI is InChI=1S/C12H17BrN4O3S/c1-15(2)21(19,20)17-8-6-16(7-9-17)12(18)11-10(13)4-3-5-14-11/h3-5H,6-9H2,1-2H3. The third kappa shape index (κ3) is 3.42. The fraction of sp³-hybridized carbons (Fsp3) is 0.500. The highest BCUT2D eigenvalue weighted by Crippen LogP contribution is 2.17. The molecule has 21 heavy (non-hydrogen) atoms. The number of amides is 1. The first-order chi connectivity index (χ1) is 9.84. The van der Waals surface area contributed by atoms with Gasteiger partial charge in [0, 0.05) is 50.9 Å². The SMILES string of the molecule is CN(C)S(=O)(=O)N1CCN(C(=O)c2ncccc2Br)CC1. The van der Waals surface area contributed by atoms with Gasteiger partial charge in [0.25, 0.3) is 16.1 Å². The van der Waals surface area contributed by atoms with Crippen molar-refractivity contribution in [3.8, 4) is 0 Å². The van der Waals surface area contributed by atoms with Gasteiger partial charge in [0.1, 0.15) is 5.69 Å². The van der Waals surface area contributed by atoms with E-state index in [-0.39, 0.29) is 19.0 Å². The number of nitrogens with zero attached hydrogens (tertiary/aromatic N) is 4. The molecule has 0 spiro atoms. The smallest absolute Gasteiger partial charge is 0.281 e. The van der Waals surface area contributed by atoms with Crippen molar-refractivity contribution in [1.29, 1.82) is 0 Å². The highest BCUT2D eigenvalue weighted by Gasteiger charge is 2.31. The Morgan fingerprint density at radius 2 is 1.90 bits per heavy atom. The molecule has 1 aliphatic rings. The number of aromatic nitrogens is 1. The Balaban J connectivity index is 2.05. The summed E-state index contributed by atoms with van der Waals surface area (Å²) < 4.78 is 27.2. The molecule has 0 aliphatic carbocycles. The van der Waals surface area contributed by atoms with Crippen LogP contribution in [0.5, 0.6) is 0 Å². The third-order valence-electron chi connectivity index (χ3n) is 3.27. The summed E-state index contributed by atoms with van der Waals surface area (Å²) in [7, 11) is -0.422. The van der Waals surface area contributed by atoms with Gasteiger partial charge < -0.3 is 4.90 Å². The molecule has 0 atom stereocenters. The second-order valence-corrected chi connectivity index (χ2v) is 7.81. The number of hydrogen-bond acceptors (Lipinski definition) is 4. The molecular weight excluding hydrogens is 360 g/mol. The van der Waals surface area contributed by atoms with Crippen LogP contribution in [-0.4, -0.2) is 73.1 Å². The lowest BCUT2D eigenvalue weighted by atomic mass is 10.3. The first-order valence-corrected chi connectivity index (χ1v) is 8.60. The van der Waals surface area contributed by atoms with Gasteiger partial charge in [-0.25, -0.2) is 4.98 Å². The molecule has 0 saturated carbocycles. The van der Waals surface area contributed by atoms with Gasteiger partial charge in [-0.15, -0.1) is 0 Å². The highest BCUT2D eigenvalue weighted by atomic mass is 79.9. The second-order valence-electron chi connectivity index (χ2n) is 4.82. The zero-order valence-electron chi connectivity index (χ0n) is 11.9. The van der Waals surface area contributed by atoms with E-state index in [4.69, 9.17) is 0 Å². The van der Waals surface area contributed by atoms with Crippen molar-refractivity contribution in [2.45, 2.75) is 0 Å². The molecule has 0 aromatic carbocycles. The van der Waals surface area contributed by atoms with E-state index in [9.17, 15) is 13.2 Å². The first-order valence-electron chi connectivity index (χ1n) is 6.41. The van der Waals surface area contributed by atoms with Crippen LogP contribution in [0.4, 0.5) is 0 Å². The summed E-state index contributed by atoms with van der Waals surface area (Å²) in [6.45, 7) is 1.29. The Hall–Kier alpha value is -1.03. The van der Waals surface area contributed by atoms with E-state index in [1.54, 1.807) is 23.2 Å². The molecule has 9 heteroatoms. The number of halogens is 1. The molecule has 0 bridgehead atoms. The molecule has 2 heterocycles. The van der Waals surface area contributed by atoms with E-state index in [0.29, 0.717) is 23.3 Å². The van der Waals surface area contributed by atoms with Crippen LogP contribution in [0.25, 0.3) is 0 Å². The summed E-state index contributed by atoms with van der Waals surface area (Å²) in [4.78, 5) is 18.1. The van der Waals surface area contributed by atoms with E-state index < -0.39 is 10.2 Å². The van der Waals surface area contributed by atoms with Crippen LogP contribution in [0.1, 0.15) is 10.5 Å². The number of hydrogen-bond donors (Lipinski definition) is 0. The van der Waals surface area contributed by atoms with E-state index in [1.807, 2.05) is 0 Å². The fourth-order valence-corrected chi connectivity index (χ4v) is 3.56. The predicted molar refractivity (Wildman–Crippen MR) is 82.0 cm³/mol. The zero-order chi connectivity index (χ0) is 15.6. The van der Waals surface area contributed by atoms with E-state index in [2.05, 4.69) is 20.9 Å². The molecule has 1 fully saturated rings. The summed E-state index contributed by atoms with van der Waals surface area (Å²) in [6.07, 6.45) is 1.56. The van der Waals surface area contributed by atoms with Crippen LogP contribution < -0.4 is 0 Å². The molecule has 1 aliphatic heterocycles. The van der Waals surface area contributed by atoms with Gasteiger partial charge in [0.05, 0.1) is 0 Å². The Bertz CT molecular complexity index is 627. The molecule has 2 rings (SSSR count). The van der Waals surface area contributed by atoms with Crippen molar-refractivity contribution in [1.82, 2.24) is 18.5 Å². The highest BCUT2D eigenvalue weighted by molar-refractivity contribution is 9.10. The van der Waals surface area contributed by atoms with Crippen molar-refractivity contribution in [2.75, 3.05) is 40.3 Å². The van der Waals surface area contributed by atoms with Crippen LogP contribution >= 0.6 is 15.9 Å². The van der Waals surface area contributed by atoms with Gasteiger partial charge in [-0.2, -0.15) is 17.0 Å². The Labute approximate surface area is 132 Å². The maximum Gasteiger partial charge on any atom is 0.281 e. The molecule has 0 unspecified atom stereocenters. The van der Waals surface area contributed by atoms with E-state index in [0.717, 1.165) is 0 Å². The van der Waals surface area contributed by atoms with E-state index >= 15 is 0 Å². The molecule has 1 amide bonds. The summed E-state index contributed by atoms with van der Waals surface area (Å²) in [6, 6.07) is 3.50. The molecule has 1 saturated heterocycles. The van der Waals surface area contributed by atoms with Crippen LogP contribution in [0.15, 0.2) is 22.8 Å². The van der Waals surface area contributed by atoms with Crippen LogP contribution in [0.2, 0.25) is 0 Å². The molecular formula is C12H17BrN4O3S. The monoisotopic (exact) mass is 376 g/mol. The molecule has 0 radical (unpaired) electrons. The number of pyridine rings is 1. The number of carbonyl (C=O) groups is 1. The topological polar surface area (TPSA) is 73.8 Å². The number of piperazine rings is 1. The van der Waals surface area contributed by atoms with Crippen molar-refractivity contribution in [3.05, 3.63) is 28.5 Å². The van der Waals surface area contributed by atoms with Crippen molar-refractivity contribution < 1.29 is 13.2 Å². The molecule has 1 aromatic rings. The van der Waals surface area contributed by atoms with Gasteiger partial charge in [-0.05, 0) is 28.1 Å². The first kappa shape index (κ1) is 16.3. The summed E-state index contributed by atoms with van der Waals surface area (Å²) in [5.41, 5.74) is 0.349. The minimum absolute atomic E-state index is 0.190.